The van der Waals surface area contributed by atoms with Crippen LogP contribution in [0, 0.1) is 0 Å². The fourth-order valence-electron chi connectivity index (χ4n) is 3.23. The third kappa shape index (κ3) is 4.90. The van der Waals surface area contributed by atoms with Crippen molar-refractivity contribution in [3.05, 3.63) is 38.4 Å². The Morgan fingerprint density at radius 1 is 1.24 bits per heavy atom. The average molecular weight is 540 g/mol. The van der Waals surface area contributed by atoms with Gasteiger partial charge in [-0.2, -0.15) is 13.2 Å². The quantitative estimate of drug-likeness (QED) is 0.540. The van der Waals surface area contributed by atoms with Crippen LogP contribution in [-0.2, 0) is 10.3 Å². The highest BCUT2D eigenvalue weighted by molar-refractivity contribution is 7.17. The summed E-state index contributed by atoms with van der Waals surface area (Å²) >= 11 is 13.4. The summed E-state index contributed by atoms with van der Waals surface area (Å²) in [4.78, 5) is 31.7. The van der Waals surface area contributed by atoms with Crippen LogP contribution in [0.4, 0.5) is 13.2 Å². The number of rotatable bonds is 7. The largest absolute Gasteiger partial charge is 0.421 e. The molecule has 1 atom stereocenters. The van der Waals surface area contributed by atoms with E-state index in [-0.39, 0.29) is 32.2 Å². The zero-order chi connectivity index (χ0) is 25.4. The van der Waals surface area contributed by atoms with Gasteiger partial charge < -0.3 is 20.1 Å². The molecule has 0 radical (unpaired) electrons. The fraction of sp³-hybridized carbons (Fsp3) is 0.476. The van der Waals surface area contributed by atoms with Crippen molar-refractivity contribution in [3.63, 3.8) is 0 Å². The summed E-state index contributed by atoms with van der Waals surface area (Å²) in [6, 6.07) is 2.04. The molecule has 13 heteroatoms. The molecule has 7 nitrogen and oxygen atoms in total. The Morgan fingerprint density at radius 2 is 1.85 bits per heavy atom. The molecule has 1 saturated heterocycles. The third-order valence-electron chi connectivity index (χ3n) is 5.45. The molecule has 1 fully saturated rings. The van der Waals surface area contributed by atoms with E-state index in [2.05, 4.69) is 10.3 Å². The highest BCUT2D eigenvalue weighted by Gasteiger charge is 2.52. The number of hydrogen-bond donors (Lipinski definition) is 2. The van der Waals surface area contributed by atoms with Crippen molar-refractivity contribution in [2.75, 3.05) is 26.3 Å². The monoisotopic (exact) mass is 539 g/mol. The highest BCUT2D eigenvalue weighted by Crippen LogP contribution is 2.47. The number of benzene rings is 1. The summed E-state index contributed by atoms with van der Waals surface area (Å²) in [5.41, 5.74) is -3.85. The van der Waals surface area contributed by atoms with E-state index in [1.54, 1.807) is 13.8 Å². The predicted octanol–water partition coefficient (Wildman–Crippen LogP) is 4.50. The second kappa shape index (κ2) is 9.98. The molecule has 1 aliphatic rings. The summed E-state index contributed by atoms with van der Waals surface area (Å²) in [7, 11) is 0. The molecule has 0 spiro atoms. The number of nitrogens with zero attached hydrogens (tertiary/aromatic N) is 2. The van der Waals surface area contributed by atoms with Crippen LogP contribution in [0.2, 0.25) is 10.0 Å². The third-order valence-corrected chi connectivity index (χ3v) is 7.42. The minimum atomic E-state index is -5.01. The molecule has 0 aliphatic carbocycles. The molecule has 1 aromatic heterocycles. The van der Waals surface area contributed by atoms with Gasteiger partial charge in [0.25, 0.3) is 11.8 Å². The molecule has 1 aromatic carbocycles. The molecule has 1 unspecified atom stereocenters. The fourth-order valence-corrected chi connectivity index (χ4v) is 4.88. The Hall–Kier alpha value is -1.92. The Labute approximate surface area is 207 Å². The lowest BCUT2D eigenvalue weighted by Gasteiger charge is -2.28. The Balaban J connectivity index is 2.12. The molecule has 0 bridgehead atoms. The molecule has 0 saturated carbocycles. The number of amides is 2. The maximum absolute atomic E-state index is 13.4. The number of aliphatic hydroxyl groups is 1. The van der Waals surface area contributed by atoms with E-state index in [9.17, 15) is 27.9 Å². The molecule has 2 aromatic rings. The maximum atomic E-state index is 13.4. The van der Waals surface area contributed by atoms with E-state index in [0.29, 0.717) is 33.2 Å². The minimum Gasteiger partial charge on any atom is -0.377 e. The smallest absolute Gasteiger partial charge is 0.377 e. The zero-order valence-corrected chi connectivity index (χ0v) is 20.8. The van der Waals surface area contributed by atoms with Crippen LogP contribution in [0.25, 0.3) is 10.4 Å². The molecule has 1 aliphatic heterocycles. The van der Waals surface area contributed by atoms with Gasteiger partial charge in [0, 0.05) is 24.2 Å². The average Bonchev–Trinajstić information content (AvgIpc) is 3.17. The first-order valence-electron chi connectivity index (χ1n) is 10.3. The molecule has 2 amide bonds. The normalized spacial score (nSPS) is 16.0. The number of thiazole rings is 1. The number of nitrogens with one attached hydrogen (secondary N) is 1. The van der Waals surface area contributed by atoms with Crippen LogP contribution in [0.3, 0.4) is 0 Å². The second-order valence-electron chi connectivity index (χ2n) is 7.74. The molecule has 186 valence electrons. The van der Waals surface area contributed by atoms with Crippen molar-refractivity contribution in [3.8, 4) is 10.4 Å². The van der Waals surface area contributed by atoms with Crippen molar-refractivity contribution in [1.29, 1.82) is 0 Å². The van der Waals surface area contributed by atoms with E-state index in [1.807, 2.05) is 0 Å². The summed E-state index contributed by atoms with van der Waals surface area (Å²) in [6.07, 6.45) is -5.01. The predicted molar refractivity (Wildman–Crippen MR) is 123 cm³/mol. The first-order valence-corrected chi connectivity index (χ1v) is 11.9. The number of aromatic nitrogens is 1. The SMILES string of the molecule is CCN(CC)C(=O)c1nc(C(=O)NC2COC2)sc1-c1ccc(C(C)(O)C(F)(F)F)c(Cl)c1Cl. The molecular formula is C21H22Cl2F3N3O4S. The van der Waals surface area contributed by atoms with Crippen LogP contribution < -0.4 is 5.32 Å². The molecule has 3 rings (SSSR count). The minimum absolute atomic E-state index is 0.0176. The van der Waals surface area contributed by atoms with Gasteiger partial charge in [-0.3, -0.25) is 9.59 Å². The number of hydrogen-bond acceptors (Lipinski definition) is 6. The van der Waals surface area contributed by atoms with Crippen molar-refractivity contribution < 1.29 is 32.6 Å². The lowest BCUT2D eigenvalue weighted by atomic mass is 9.94. The topological polar surface area (TPSA) is 91.8 Å². The first kappa shape index (κ1) is 26.7. The molecule has 2 N–H and O–H groups in total. The van der Waals surface area contributed by atoms with Gasteiger partial charge >= 0.3 is 6.18 Å². The van der Waals surface area contributed by atoms with E-state index >= 15 is 0 Å². The molecule has 34 heavy (non-hydrogen) atoms. The van der Waals surface area contributed by atoms with Crippen LogP contribution in [-0.4, -0.2) is 65.3 Å². The number of halogens is 5. The zero-order valence-electron chi connectivity index (χ0n) is 18.4. The van der Waals surface area contributed by atoms with Gasteiger partial charge in [0.15, 0.2) is 10.6 Å². The Bertz CT molecular complexity index is 1100. The number of carbonyl (C=O) groups is 2. The lowest BCUT2D eigenvalue weighted by molar-refractivity contribution is -0.258. The van der Waals surface area contributed by atoms with Crippen LogP contribution in [0.1, 0.15) is 46.6 Å². The van der Waals surface area contributed by atoms with E-state index < -0.39 is 34.2 Å². The summed E-state index contributed by atoms with van der Waals surface area (Å²) in [5.74, 6) is -0.988. The van der Waals surface area contributed by atoms with Gasteiger partial charge in [-0.05, 0) is 20.8 Å². The van der Waals surface area contributed by atoms with E-state index in [4.69, 9.17) is 27.9 Å². The van der Waals surface area contributed by atoms with E-state index in [0.717, 1.165) is 17.4 Å². The molecular weight excluding hydrogens is 518 g/mol. The van der Waals surface area contributed by atoms with Gasteiger partial charge in [0.2, 0.25) is 0 Å². The Morgan fingerprint density at radius 3 is 2.35 bits per heavy atom. The number of carbonyl (C=O) groups excluding carboxylic acids is 2. The van der Waals surface area contributed by atoms with Crippen molar-refractivity contribution >= 4 is 46.4 Å². The molecule has 2 heterocycles. The van der Waals surface area contributed by atoms with Crippen LogP contribution >= 0.6 is 34.5 Å². The maximum Gasteiger partial charge on any atom is 0.421 e. The van der Waals surface area contributed by atoms with Gasteiger partial charge in [-0.15, -0.1) is 11.3 Å². The van der Waals surface area contributed by atoms with Crippen molar-refractivity contribution in [1.82, 2.24) is 15.2 Å². The first-order chi connectivity index (χ1) is 15.8. The highest BCUT2D eigenvalue weighted by atomic mass is 35.5. The van der Waals surface area contributed by atoms with Crippen molar-refractivity contribution in [2.45, 2.75) is 38.6 Å². The van der Waals surface area contributed by atoms with Gasteiger partial charge in [-0.25, -0.2) is 4.98 Å². The van der Waals surface area contributed by atoms with Crippen LogP contribution in [0.5, 0.6) is 0 Å². The van der Waals surface area contributed by atoms with Crippen molar-refractivity contribution in [2.24, 2.45) is 0 Å². The number of ether oxygens (including phenoxy) is 1. The van der Waals surface area contributed by atoms with Gasteiger partial charge in [-0.1, -0.05) is 35.3 Å². The summed E-state index contributed by atoms with van der Waals surface area (Å²) < 4.78 is 45.1. The van der Waals surface area contributed by atoms with Gasteiger partial charge in [0.1, 0.15) is 5.69 Å². The summed E-state index contributed by atoms with van der Waals surface area (Å²) in [6.45, 7) is 5.57. The number of alkyl halides is 3. The standard InChI is InChI=1S/C21H22Cl2F3N3O4S/c1-4-29(5-2)19(31)15-16(34-18(28-15)17(30)27-10-8-33-9-10)11-6-7-12(14(23)13(11)22)20(3,32)21(24,25)26/h6-7,10,32H,4-5,8-9H2,1-3H3,(H,27,30). The second-order valence-corrected chi connectivity index (χ2v) is 9.50. The lowest BCUT2D eigenvalue weighted by Crippen LogP contribution is -2.48. The van der Waals surface area contributed by atoms with Crippen LogP contribution in [0.15, 0.2) is 12.1 Å². The Kier molecular flexibility index (Phi) is 7.83. The summed E-state index contributed by atoms with van der Waals surface area (Å²) in [5, 5.41) is 11.9. The van der Waals surface area contributed by atoms with Gasteiger partial charge in [0.05, 0.1) is 34.2 Å². The van der Waals surface area contributed by atoms with E-state index in [1.165, 1.54) is 11.0 Å².